The molecule has 0 spiro atoms. The van der Waals surface area contributed by atoms with Crippen molar-refractivity contribution < 1.29 is 9.53 Å². The lowest BCUT2D eigenvalue weighted by Crippen LogP contribution is -2.12. The van der Waals surface area contributed by atoms with Crippen molar-refractivity contribution in [2.24, 2.45) is 5.92 Å². The first-order valence-corrected chi connectivity index (χ1v) is 6.64. The molecule has 0 heterocycles. The van der Waals surface area contributed by atoms with Crippen LogP contribution in [0.1, 0.15) is 19.3 Å². The Morgan fingerprint density at radius 3 is 3.00 bits per heavy atom. The normalized spacial score (nSPS) is 18.4. The van der Waals surface area contributed by atoms with Gasteiger partial charge < -0.3 is 4.74 Å². The van der Waals surface area contributed by atoms with E-state index in [1.54, 1.807) is 18.2 Å². The highest BCUT2D eigenvalue weighted by atomic mass is 79.9. The van der Waals surface area contributed by atoms with E-state index in [0.29, 0.717) is 27.6 Å². The summed E-state index contributed by atoms with van der Waals surface area (Å²) < 4.78 is 5.98. The lowest BCUT2D eigenvalue weighted by molar-refractivity contribution is -0.135. The summed E-state index contributed by atoms with van der Waals surface area (Å²) in [5.41, 5.74) is 0. The molecule has 17 heavy (non-hydrogen) atoms. The Kier molecular flexibility index (Phi) is 4.24. The smallest absolute Gasteiger partial charge is 0.311 e. The van der Waals surface area contributed by atoms with Gasteiger partial charge in [0.2, 0.25) is 0 Å². The fraction of sp³-hybridized carbons (Fsp3) is 0.308. The quantitative estimate of drug-likeness (QED) is 0.470. The molecular weight excluding hydrogens is 303 g/mol. The van der Waals surface area contributed by atoms with Crippen LogP contribution in [-0.4, -0.2) is 5.97 Å². The van der Waals surface area contributed by atoms with Crippen molar-refractivity contribution in [1.82, 2.24) is 0 Å². The molecule has 0 saturated carbocycles. The molecular formula is C13H12BrClO2. The van der Waals surface area contributed by atoms with Crippen molar-refractivity contribution in [3.63, 3.8) is 0 Å². The number of carbonyl (C=O) groups excluding carboxylic acids is 1. The van der Waals surface area contributed by atoms with Gasteiger partial charge in [-0.05, 0) is 52.9 Å². The van der Waals surface area contributed by atoms with Gasteiger partial charge in [-0.15, -0.1) is 0 Å². The number of benzene rings is 1. The number of rotatable bonds is 3. The zero-order chi connectivity index (χ0) is 12.3. The molecule has 1 aromatic rings. The number of halogens is 2. The first kappa shape index (κ1) is 12.7. The summed E-state index contributed by atoms with van der Waals surface area (Å²) in [5.74, 6) is 0.638. The van der Waals surface area contributed by atoms with Crippen LogP contribution in [0.25, 0.3) is 0 Å². The second-order valence-corrected chi connectivity index (χ2v) is 5.31. The van der Waals surface area contributed by atoms with E-state index in [4.69, 9.17) is 16.3 Å². The number of allylic oxidation sites excluding steroid dienone is 2. The highest BCUT2D eigenvalue weighted by Crippen LogP contribution is 2.29. The predicted molar refractivity (Wildman–Crippen MR) is 71.3 cm³/mol. The van der Waals surface area contributed by atoms with E-state index < -0.39 is 0 Å². The monoisotopic (exact) mass is 314 g/mol. The zero-order valence-electron chi connectivity index (χ0n) is 9.16. The van der Waals surface area contributed by atoms with Gasteiger partial charge in [-0.1, -0.05) is 23.8 Å². The fourth-order valence-corrected chi connectivity index (χ4v) is 2.57. The van der Waals surface area contributed by atoms with Gasteiger partial charge in [-0.3, -0.25) is 4.79 Å². The summed E-state index contributed by atoms with van der Waals surface area (Å²) in [5, 5.41) is 0.607. The van der Waals surface area contributed by atoms with Gasteiger partial charge in [-0.2, -0.15) is 0 Å². The summed E-state index contributed by atoms with van der Waals surface area (Å²) >= 11 is 9.12. The van der Waals surface area contributed by atoms with Crippen LogP contribution >= 0.6 is 27.5 Å². The molecule has 1 aromatic carbocycles. The minimum Gasteiger partial charge on any atom is -0.425 e. The van der Waals surface area contributed by atoms with E-state index >= 15 is 0 Å². The SMILES string of the molecule is O=C(CC1C=CCC1)Oc1ccc(Cl)cc1Br. The highest BCUT2D eigenvalue weighted by molar-refractivity contribution is 9.10. The highest BCUT2D eigenvalue weighted by Gasteiger charge is 2.16. The van der Waals surface area contributed by atoms with Crippen LogP contribution in [0.5, 0.6) is 5.75 Å². The zero-order valence-corrected chi connectivity index (χ0v) is 11.5. The van der Waals surface area contributed by atoms with E-state index in [-0.39, 0.29) is 5.97 Å². The third-order valence-electron chi connectivity index (χ3n) is 2.66. The maximum absolute atomic E-state index is 11.7. The van der Waals surface area contributed by atoms with Gasteiger partial charge in [0.1, 0.15) is 5.75 Å². The summed E-state index contributed by atoms with van der Waals surface area (Å²) in [6.07, 6.45) is 6.72. The molecule has 2 nitrogen and oxygen atoms in total. The number of esters is 1. The van der Waals surface area contributed by atoms with Crippen molar-refractivity contribution in [2.75, 3.05) is 0 Å². The lowest BCUT2D eigenvalue weighted by atomic mass is 10.1. The van der Waals surface area contributed by atoms with E-state index in [2.05, 4.69) is 28.1 Å². The Hall–Kier alpha value is -0.800. The van der Waals surface area contributed by atoms with Crippen molar-refractivity contribution in [3.8, 4) is 5.75 Å². The van der Waals surface area contributed by atoms with E-state index in [9.17, 15) is 4.79 Å². The minimum atomic E-state index is -0.204. The molecule has 4 heteroatoms. The summed E-state index contributed by atoms with van der Waals surface area (Å²) in [7, 11) is 0. The average molecular weight is 316 g/mol. The summed E-state index contributed by atoms with van der Waals surface area (Å²) in [4.78, 5) is 11.7. The van der Waals surface area contributed by atoms with Crippen molar-refractivity contribution in [2.45, 2.75) is 19.3 Å². The van der Waals surface area contributed by atoms with Gasteiger partial charge >= 0.3 is 5.97 Å². The number of hydrogen-bond donors (Lipinski definition) is 0. The topological polar surface area (TPSA) is 26.3 Å². The largest absolute Gasteiger partial charge is 0.425 e. The Morgan fingerprint density at radius 1 is 1.53 bits per heavy atom. The minimum absolute atomic E-state index is 0.204. The molecule has 0 N–H and O–H groups in total. The van der Waals surface area contributed by atoms with E-state index in [0.717, 1.165) is 12.8 Å². The van der Waals surface area contributed by atoms with Crippen molar-refractivity contribution >= 4 is 33.5 Å². The Bertz CT molecular complexity index is 457. The van der Waals surface area contributed by atoms with E-state index in [1.807, 2.05) is 0 Å². The van der Waals surface area contributed by atoms with Crippen molar-refractivity contribution in [3.05, 3.63) is 39.8 Å². The Balaban J connectivity index is 1.95. The number of ether oxygens (including phenoxy) is 1. The molecule has 0 aliphatic heterocycles. The third kappa shape index (κ3) is 3.58. The molecule has 1 atom stereocenters. The summed E-state index contributed by atoms with van der Waals surface area (Å²) in [6, 6.07) is 5.10. The van der Waals surface area contributed by atoms with Crippen LogP contribution in [0, 0.1) is 5.92 Å². The maximum Gasteiger partial charge on any atom is 0.311 e. The van der Waals surface area contributed by atoms with Crippen LogP contribution in [0.2, 0.25) is 5.02 Å². The van der Waals surface area contributed by atoms with Crippen LogP contribution in [-0.2, 0) is 4.79 Å². The molecule has 90 valence electrons. The van der Waals surface area contributed by atoms with E-state index in [1.165, 1.54) is 0 Å². The molecule has 1 unspecified atom stereocenters. The molecule has 0 saturated heterocycles. The van der Waals surface area contributed by atoms with Crippen molar-refractivity contribution in [1.29, 1.82) is 0 Å². The first-order valence-electron chi connectivity index (χ1n) is 5.47. The molecule has 0 bridgehead atoms. The van der Waals surface area contributed by atoms with Crippen LogP contribution < -0.4 is 4.74 Å². The Labute approximate surface area is 114 Å². The lowest BCUT2D eigenvalue weighted by Gasteiger charge is -2.09. The first-order chi connectivity index (χ1) is 8.15. The third-order valence-corrected chi connectivity index (χ3v) is 3.51. The average Bonchev–Trinajstić information content (AvgIpc) is 2.75. The fourth-order valence-electron chi connectivity index (χ4n) is 1.80. The van der Waals surface area contributed by atoms with Crippen LogP contribution in [0.15, 0.2) is 34.8 Å². The predicted octanol–water partition coefficient (Wildman–Crippen LogP) is 4.36. The molecule has 2 rings (SSSR count). The second kappa shape index (κ2) is 5.69. The molecule has 0 radical (unpaired) electrons. The van der Waals surface area contributed by atoms with Gasteiger partial charge in [0.05, 0.1) is 10.9 Å². The molecule has 1 aliphatic rings. The van der Waals surface area contributed by atoms with Crippen LogP contribution in [0.3, 0.4) is 0 Å². The van der Waals surface area contributed by atoms with Gasteiger partial charge in [0.15, 0.2) is 0 Å². The van der Waals surface area contributed by atoms with Gasteiger partial charge in [0.25, 0.3) is 0 Å². The van der Waals surface area contributed by atoms with Gasteiger partial charge in [-0.25, -0.2) is 0 Å². The van der Waals surface area contributed by atoms with Crippen LogP contribution in [0.4, 0.5) is 0 Å². The standard InChI is InChI=1S/C13H12BrClO2/c14-11-8-10(15)5-6-12(11)17-13(16)7-9-3-1-2-4-9/h1,3,5-6,8-9H,2,4,7H2. The summed E-state index contributed by atoms with van der Waals surface area (Å²) in [6.45, 7) is 0. The maximum atomic E-state index is 11.7. The number of hydrogen-bond acceptors (Lipinski definition) is 2. The second-order valence-electron chi connectivity index (χ2n) is 4.02. The number of carbonyl (C=O) groups is 1. The molecule has 0 amide bonds. The molecule has 0 aromatic heterocycles. The Morgan fingerprint density at radius 2 is 2.35 bits per heavy atom. The van der Waals surface area contributed by atoms with Gasteiger partial charge in [0, 0.05) is 5.02 Å². The molecule has 0 fully saturated rings. The molecule has 1 aliphatic carbocycles.